The number of carbonyl (C=O) groups is 1. The summed E-state index contributed by atoms with van der Waals surface area (Å²) in [6, 6.07) is 5.57. The molecule has 7 heteroatoms. The van der Waals surface area contributed by atoms with E-state index in [1.807, 2.05) is 0 Å². The van der Waals surface area contributed by atoms with Crippen LogP contribution in [0.15, 0.2) is 29.2 Å². The second-order valence-corrected chi connectivity index (χ2v) is 5.20. The number of nitrogens with one attached hydrogen (secondary N) is 1. The van der Waals surface area contributed by atoms with Crippen molar-refractivity contribution in [2.45, 2.75) is 11.3 Å². The molecule has 0 saturated heterocycles. The Morgan fingerprint density at radius 3 is 2.65 bits per heavy atom. The lowest BCUT2D eigenvalue weighted by atomic mass is 10.2. The molecule has 0 fully saturated rings. The molecule has 0 saturated carbocycles. The third kappa shape index (κ3) is 3.81. The number of rotatable bonds is 6. The zero-order valence-corrected chi connectivity index (χ0v) is 10.0. The predicted octanol–water partition coefficient (Wildman–Crippen LogP) is -0.587. The summed E-state index contributed by atoms with van der Waals surface area (Å²) in [5, 5.41) is 0. The van der Waals surface area contributed by atoms with E-state index in [1.165, 1.54) is 24.3 Å². The van der Waals surface area contributed by atoms with Crippen LogP contribution in [0.4, 0.5) is 0 Å². The lowest BCUT2D eigenvalue weighted by Crippen LogP contribution is -2.26. The van der Waals surface area contributed by atoms with Crippen molar-refractivity contribution in [2.75, 3.05) is 13.1 Å². The van der Waals surface area contributed by atoms with Crippen LogP contribution >= 0.6 is 0 Å². The number of hydrogen-bond acceptors (Lipinski definition) is 4. The van der Waals surface area contributed by atoms with E-state index in [1.54, 1.807) is 0 Å². The van der Waals surface area contributed by atoms with E-state index in [2.05, 4.69) is 4.72 Å². The fraction of sp³-hybridized carbons (Fsp3) is 0.300. The topological polar surface area (TPSA) is 115 Å². The van der Waals surface area contributed by atoms with Crippen LogP contribution in [0.3, 0.4) is 0 Å². The monoisotopic (exact) mass is 257 g/mol. The highest BCUT2D eigenvalue weighted by atomic mass is 32.2. The zero-order valence-electron chi connectivity index (χ0n) is 9.22. The van der Waals surface area contributed by atoms with Crippen molar-refractivity contribution >= 4 is 15.9 Å². The lowest BCUT2D eigenvalue weighted by molar-refractivity contribution is 0.1000. The molecule has 0 aliphatic rings. The smallest absolute Gasteiger partial charge is 0.248 e. The average molecular weight is 257 g/mol. The van der Waals surface area contributed by atoms with Gasteiger partial charge in [0.25, 0.3) is 0 Å². The SMILES string of the molecule is NCCCNS(=O)(=O)c1cccc(C(N)=O)c1. The summed E-state index contributed by atoms with van der Waals surface area (Å²) in [4.78, 5) is 11.0. The number of sulfonamides is 1. The van der Waals surface area contributed by atoms with Gasteiger partial charge in [0.05, 0.1) is 4.90 Å². The van der Waals surface area contributed by atoms with Crippen LogP contribution in [0, 0.1) is 0 Å². The lowest BCUT2D eigenvalue weighted by Gasteiger charge is -2.06. The predicted molar refractivity (Wildman–Crippen MR) is 63.8 cm³/mol. The number of benzene rings is 1. The van der Waals surface area contributed by atoms with Crippen molar-refractivity contribution in [3.05, 3.63) is 29.8 Å². The van der Waals surface area contributed by atoms with Gasteiger partial charge >= 0.3 is 0 Å². The summed E-state index contributed by atoms with van der Waals surface area (Å²) in [6.07, 6.45) is 0.550. The first-order valence-electron chi connectivity index (χ1n) is 5.07. The molecule has 17 heavy (non-hydrogen) atoms. The van der Waals surface area contributed by atoms with Gasteiger partial charge in [-0.25, -0.2) is 13.1 Å². The molecule has 1 rings (SSSR count). The number of hydrogen-bond donors (Lipinski definition) is 3. The molecule has 0 aliphatic carbocycles. The van der Waals surface area contributed by atoms with Gasteiger partial charge in [-0.1, -0.05) is 6.07 Å². The van der Waals surface area contributed by atoms with E-state index in [-0.39, 0.29) is 17.0 Å². The maximum atomic E-state index is 11.8. The highest BCUT2D eigenvalue weighted by Crippen LogP contribution is 2.10. The van der Waals surface area contributed by atoms with E-state index in [4.69, 9.17) is 11.5 Å². The van der Waals surface area contributed by atoms with Gasteiger partial charge in [-0.3, -0.25) is 4.79 Å². The van der Waals surface area contributed by atoms with E-state index < -0.39 is 15.9 Å². The van der Waals surface area contributed by atoms with Gasteiger partial charge < -0.3 is 11.5 Å². The summed E-state index contributed by atoms with van der Waals surface area (Å²) in [5.74, 6) is -0.663. The minimum absolute atomic E-state index is 0.0193. The Hall–Kier alpha value is -1.44. The molecule has 0 spiro atoms. The standard InChI is InChI=1S/C10H15N3O3S/c11-5-2-6-13-17(15,16)9-4-1-3-8(7-9)10(12)14/h1,3-4,7,13H,2,5-6,11H2,(H2,12,14). The molecule has 94 valence electrons. The fourth-order valence-electron chi connectivity index (χ4n) is 1.21. The van der Waals surface area contributed by atoms with Crippen LogP contribution in [-0.2, 0) is 10.0 Å². The summed E-state index contributed by atoms with van der Waals surface area (Å²) in [7, 11) is -3.60. The van der Waals surface area contributed by atoms with Crippen molar-refractivity contribution in [1.82, 2.24) is 4.72 Å². The van der Waals surface area contributed by atoms with E-state index in [0.717, 1.165) is 0 Å². The second kappa shape index (κ2) is 5.76. The summed E-state index contributed by atoms with van der Waals surface area (Å²) < 4.78 is 25.9. The molecule has 6 nitrogen and oxygen atoms in total. The molecular formula is C10H15N3O3S. The Labute approximate surface area is 100 Å². The molecule has 1 amide bonds. The molecule has 0 heterocycles. The molecule has 0 unspecified atom stereocenters. The van der Waals surface area contributed by atoms with Crippen LogP contribution in [0.5, 0.6) is 0 Å². The molecule has 0 aliphatic heterocycles. The van der Waals surface area contributed by atoms with Crippen molar-refractivity contribution in [2.24, 2.45) is 11.5 Å². The van der Waals surface area contributed by atoms with Crippen molar-refractivity contribution in [3.8, 4) is 0 Å². The Kier molecular flexibility index (Phi) is 4.62. The minimum atomic E-state index is -3.60. The maximum absolute atomic E-state index is 11.8. The number of nitrogens with two attached hydrogens (primary N) is 2. The van der Waals surface area contributed by atoms with Gasteiger partial charge in [0.15, 0.2) is 0 Å². The second-order valence-electron chi connectivity index (χ2n) is 3.43. The minimum Gasteiger partial charge on any atom is -0.366 e. The van der Waals surface area contributed by atoms with E-state index >= 15 is 0 Å². The van der Waals surface area contributed by atoms with E-state index in [0.29, 0.717) is 13.0 Å². The Balaban J connectivity index is 2.91. The Morgan fingerprint density at radius 1 is 1.35 bits per heavy atom. The third-order valence-electron chi connectivity index (χ3n) is 2.10. The summed E-state index contributed by atoms with van der Waals surface area (Å²) >= 11 is 0. The highest BCUT2D eigenvalue weighted by molar-refractivity contribution is 7.89. The molecule has 1 aromatic carbocycles. The molecule has 1 aromatic rings. The van der Waals surface area contributed by atoms with Gasteiger partial charge in [-0.05, 0) is 31.2 Å². The summed E-state index contributed by atoms with van der Waals surface area (Å²) in [5.41, 5.74) is 10.5. The molecule has 0 bridgehead atoms. The Bertz CT molecular complexity index is 499. The van der Waals surface area contributed by atoms with Gasteiger partial charge in [-0.15, -0.1) is 0 Å². The van der Waals surface area contributed by atoms with Crippen molar-refractivity contribution in [1.29, 1.82) is 0 Å². The summed E-state index contributed by atoms with van der Waals surface area (Å²) in [6.45, 7) is 0.670. The Morgan fingerprint density at radius 2 is 2.06 bits per heavy atom. The van der Waals surface area contributed by atoms with Crippen LogP contribution in [0.1, 0.15) is 16.8 Å². The van der Waals surface area contributed by atoms with Gasteiger partial charge in [-0.2, -0.15) is 0 Å². The van der Waals surface area contributed by atoms with Crippen LogP contribution in [0.25, 0.3) is 0 Å². The first-order valence-corrected chi connectivity index (χ1v) is 6.55. The van der Waals surface area contributed by atoms with Crippen molar-refractivity contribution < 1.29 is 13.2 Å². The first kappa shape index (κ1) is 13.6. The van der Waals surface area contributed by atoms with Gasteiger partial charge in [0.1, 0.15) is 0 Å². The molecular weight excluding hydrogens is 242 g/mol. The first-order chi connectivity index (χ1) is 7.97. The van der Waals surface area contributed by atoms with Gasteiger partial charge in [0.2, 0.25) is 15.9 Å². The number of amides is 1. The van der Waals surface area contributed by atoms with Crippen molar-refractivity contribution in [3.63, 3.8) is 0 Å². The molecule has 0 aromatic heterocycles. The van der Waals surface area contributed by atoms with E-state index in [9.17, 15) is 13.2 Å². The molecule has 0 atom stereocenters. The largest absolute Gasteiger partial charge is 0.366 e. The van der Waals surface area contributed by atoms with Crippen LogP contribution in [0.2, 0.25) is 0 Å². The third-order valence-corrected chi connectivity index (χ3v) is 3.56. The van der Waals surface area contributed by atoms with Gasteiger partial charge in [0, 0.05) is 12.1 Å². The van der Waals surface area contributed by atoms with Crippen LogP contribution < -0.4 is 16.2 Å². The average Bonchev–Trinajstić information content (AvgIpc) is 2.29. The maximum Gasteiger partial charge on any atom is 0.248 e. The zero-order chi connectivity index (χ0) is 12.9. The normalized spacial score (nSPS) is 11.4. The molecule has 0 radical (unpaired) electrons. The number of carbonyl (C=O) groups excluding carboxylic acids is 1. The molecule has 5 N–H and O–H groups in total. The quantitative estimate of drug-likeness (QED) is 0.591. The highest BCUT2D eigenvalue weighted by Gasteiger charge is 2.14. The fourth-order valence-corrected chi connectivity index (χ4v) is 2.33. The number of primary amides is 1. The van der Waals surface area contributed by atoms with Crippen LogP contribution in [-0.4, -0.2) is 27.4 Å².